The number of aromatic nitrogens is 4. The van der Waals surface area contributed by atoms with E-state index in [0.717, 1.165) is 0 Å². The minimum absolute atomic E-state index is 0.00847. The molecule has 0 aliphatic carbocycles. The Morgan fingerprint density at radius 2 is 1.83 bits per heavy atom. The van der Waals surface area contributed by atoms with Crippen LogP contribution >= 0.6 is 0 Å². The number of imidazole rings is 1. The summed E-state index contributed by atoms with van der Waals surface area (Å²) in [4.78, 5) is 42.8. The Balaban J connectivity index is 0.000000386. The Bertz CT molecular complexity index is 1100. The lowest BCUT2D eigenvalue weighted by molar-refractivity contribution is -0.121. The van der Waals surface area contributed by atoms with Crippen LogP contribution in [0.2, 0.25) is 0 Å². The number of hydrogen-bond acceptors (Lipinski definition) is 5. The molecule has 0 aliphatic heterocycles. The third kappa shape index (κ3) is 5.66. The van der Waals surface area contributed by atoms with Crippen molar-refractivity contribution in [1.82, 2.24) is 28.9 Å². The highest BCUT2D eigenvalue weighted by Gasteiger charge is 2.17. The molecule has 0 unspecified atom stereocenters. The lowest BCUT2D eigenvalue weighted by Gasteiger charge is -2.12. The predicted molar refractivity (Wildman–Crippen MR) is 118 cm³/mol. The third-order valence-electron chi connectivity index (χ3n) is 4.50. The molecule has 9 nitrogen and oxygen atoms in total. The van der Waals surface area contributed by atoms with Crippen LogP contribution in [0.15, 0.2) is 46.2 Å². The van der Waals surface area contributed by atoms with Gasteiger partial charge in [0.05, 0.1) is 6.33 Å². The van der Waals surface area contributed by atoms with Crippen LogP contribution in [0.25, 0.3) is 11.2 Å². The van der Waals surface area contributed by atoms with Crippen molar-refractivity contribution in [3.8, 4) is 0 Å². The number of nitrogens with one attached hydrogen (secondary N) is 1. The molecule has 2 aromatic heterocycles. The van der Waals surface area contributed by atoms with Crippen molar-refractivity contribution in [1.29, 1.82) is 0 Å². The average Bonchev–Trinajstić information content (AvgIpc) is 3.11. The van der Waals surface area contributed by atoms with E-state index in [-0.39, 0.29) is 30.2 Å². The molecule has 0 saturated carbocycles. The topological polar surface area (TPSA) is 94.2 Å². The van der Waals surface area contributed by atoms with Crippen LogP contribution in [-0.4, -0.2) is 56.7 Å². The molecule has 0 saturated heterocycles. The van der Waals surface area contributed by atoms with Crippen LogP contribution in [0.3, 0.4) is 0 Å². The quantitative estimate of drug-likeness (QED) is 0.637. The van der Waals surface area contributed by atoms with Crippen LogP contribution in [0.5, 0.6) is 0 Å². The molecule has 0 radical (unpaired) electrons. The Kier molecular flexibility index (Phi) is 8.11. The van der Waals surface area contributed by atoms with Crippen LogP contribution in [0.1, 0.15) is 12.5 Å². The maximum absolute atomic E-state index is 12.7. The number of nitrogens with zero attached hydrogens (tertiary/aromatic N) is 5. The van der Waals surface area contributed by atoms with Gasteiger partial charge in [-0.1, -0.05) is 35.9 Å². The molecule has 0 spiro atoms. The fourth-order valence-electron chi connectivity index (χ4n) is 2.88. The van der Waals surface area contributed by atoms with Crippen LogP contribution in [0, 0.1) is 6.92 Å². The van der Waals surface area contributed by atoms with Crippen molar-refractivity contribution in [2.75, 3.05) is 27.2 Å². The molecule has 3 rings (SSSR count). The lowest BCUT2D eigenvalue weighted by Crippen LogP contribution is -2.42. The van der Waals surface area contributed by atoms with Crippen molar-refractivity contribution < 1.29 is 4.79 Å². The van der Waals surface area contributed by atoms with Gasteiger partial charge < -0.3 is 14.8 Å². The molecule has 162 valence electrons. The largest absolute Gasteiger partial charge is 0.355 e. The molecule has 3 aromatic rings. The van der Waals surface area contributed by atoms with Gasteiger partial charge in [0, 0.05) is 26.7 Å². The molecule has 9 heteroatoms. The first-order valence-electron chi connectivity index (χ1n) is 9.84. The van der Waals surface area contributed by atoms with Crippen molar-refractivity contribution in [2.45, 2.75) is 26.9 Å². The number of rotatable bonds is 6. The summed E-state index contributed by atoms with van der Waals surface area (Å²) in [6.45, 7) is 5.25. The van der Waals surface area contributed by atoms with Crippen LogP contribution in [0.4, 0.5) is 0 Å². The summed E-state index contributed by atoms with van der Waals surface area (Å²) in [5.74, 6) is -0.208. The summed E-state index contributed by atoms with van der Waals surface area (Å²) in [7, 11) is 5.31. The average molecular weight is 415 g/mol. The molecule has 0 atom stereocenters. The van der Waals surface area contributed by atoms with Crippen LogP contribution in [-0.2, 0) is 24.9 Å². The Morgan fingerprint density at radius 1 is 1.17 bits per heavy atom. The van der Waals surface area contributed by atoms with Crippen LogP contribution < -0.4 is 16.6 Å². The number of hydrogen-bond donors (Lipinski definition) is 1. The SMILES string of the molecule is CCNC(=O)Cn1cnc2c1c(=O)n(CCN(C)C)c(=O)n2C.Cc1ccccc1. The molecular formula is C21H30N6O3. The number of benzene rings is 1. The third-order valence-corrected chi connectivity index (χ3v) is 4.50. The zero-order valence-electron chi connectivity index (χ0n) is 18.3. The highest BCUT2D eigenvalue weighted by Crippen LogP contribution is 2.05. The van der Waals surface area contributed by atoms with E-state index in [1.807, 2.05) is 44.1 Å². The number of amides is 1. The van der Waals surface area contributed by atoms with E-state index in [2.05, 4.69) is 29.4 Å². The number of carbonyl (C=O) groups excluding carboxylic acids is 1. The predicted octanol–water partition coefficient (Wildman–Crippen LogP) is 0.589. The van der Waals surface area contributed by atoms with E-state index in [4.69, 9.17) is 0 Å². The molecule has 0 fully saturated rings. The summed E-state index contributed by atoms with van der Waals surface area (Å²) in [5.41, 5.74) is 1.03. The summed E-state index contributed by atoms with van der Waals surface area (Å²) in [6, 6.07) is 10.3. The molecule has 2 heterocycles. The first-order chi connectivity index (χ1) is 14.3. The highest BCUT2D eigenvalue weighted by molar-refractivity contribution is 5.78. The fraction of sp³-hybridized carbons (Fsp3) is 0.429. The minimum Gasteiger partial charge on any atom is -0.355 e. The van der Waals surface area contributed by atoms with Gasteiger partial charge in [0.25, 0.3) is 5.56 Å². The van der Waals surface area contributed by atoms with Gasteiger partial charge in [0.15, 0.2) is 11.2 Å². The van der Waals surface area contributed by atoms with Gasteiger partial charge in [-0.05, 0) is 27.9 Å². The summed E-state index contributed by atoms with van der Waals surface area (Å²) >= 11 is 0. The van der Waals surface area contributed by atoms with Gasteiger partial charge in [-0.25, -0.2) is 9.78 Å². The van der Waals surface area contributed by atoms with Crippen molar-refractivity contribution in [3.05, 3.63) is 63.1 Å². The molecule has 1 aromatic carbocycles. The number of carbonyl (C=O) groups is 1. The van der Waals surface area contributed by atoms with Crippen molar-refractivity contribution in [3.63, 3.8) is 0 Å². The van der Waals surface area contributed by atoms with E-state index in [0.29, 0.717) is 13.1 Å². The maximum atomic E-state index is 12.7. The normalized spacial score (nSPS) is 10.7. The first kappa shape index (κ1) is 23.1. The molecule has 0 bridgehead atoms. The molecule has 30 heavy (non-hydrogen) atoms. The van der Waals surface area contributed by atoms with E-state index in [9.17, 15) is 14.4 Å². The number of fused-ring (bicyclic) bond motifs is 1. The van der Waals surface area contributed by atoms with Crippen molar-refractivity contribution >= 4 is 17.1 Å². The second-order valence-corrected chi connectivity index (χ2v) is 7.25. The monoisotopic (exact) mass is 414 g/mol. The second kappa shape index (κ2) is 10.5. The van der Waals surface area contributed by atoms with Gasteiger partial charge in [0.2, 0.25) is 5.91 Å². The van der Waals surface area contributed by atoms with Crippen molar-refractivity contribution in [2.24, 2.45) is 7.05 Å². The molecule has 1 N–H and O–H groups in total. The smallest absolute Gasteiger partial charge is 0.332 e. The van der Waals surface area contributed by atoms with Gasteiger partial charge in [-0.2, -0.15) is 0 Å². The lowest BCUT2D eigenvalue weighted by atomic mass is 10.2. The Labute approximate surface area is 175 Å². The highest BCUT2D eigenvalue weighted by atomic mass is 16.2. The standard InChI is InChI=1S/C14H22N6O3.C7H8/c1-5-15-10(21)8-19-9-16-12-11(19)13(22)20(7-6-17(2)3)14(23)18(12)4;1-7-5-3-2-4-6-7/h9H,5-8H2,1-4H3,(H,15,21);2-6H,1H3. The first-order valence-corrected chi connectivity index (χ1v) is 9.84. The zero-order chi connectivity index (χ0) is 22.3. The maximum Gasteiger partial charge on any atom is 0.332 e. The Hall–Kier alpha value is -3.20. The zero-order valence-corrected chi connectivity index (χ0v) is 18.3. The van der Waals surface area contributed by atoms with E-state index >= 15 is 0 Å². The fourth-order valence-corrected chi connectivity index (χ4v) is 2.88. The molecular weight excluding hydrogens is 384 g/mol. The minimum atomic E-state index is -0.424. The second-order valence-electron chi connectivity index (χ2n) is 7.25. The van der Waals surface area contributed by atoms with Gasteiger partial charge >= 0.3 is 5.69 Å². The summed E-state index contributed by atoms with van der Waals surface area (Å²) in [6.07, 6.45) is 1.41. The van der Waals surface area contributed by atoms with E-state index in [1.54, 1.807) is 7.05 Å². The molecule has 1 amide bonds. The number of aryl methyl sites for hydroxylation is 2. The van der Waals surface area contributed by atoms with Gasteiger partial charge in [-0.3, -0.25) is 18.7 Å². The molecule has 0 aliphatic rings. The summed E-state index contributed by atoms with van der Waals surface area (Å²) in [5, 5.41) is 2.68. The summed E-state index contributed by atoms with van der Waals surface area (Å²) < 4.78 is 3.99. The van der Waals surface area contributed by atoms with Gasteiger partial charge in [0.1, 0.15) is 6.54 Å². The van der Waals surface area contributed by atoms with Gasteiger partial charge in [-0.15, -0.1) is 0 Å². The van der Waals surface area contributed by atoms with E-state index < -0.39 is 11.2 Å². The Morgan fingerprint density at radius 3 is 2.37 bits per heavy atom. The number of likely N-dealkylation sites (N-methyl/N-ethyl adjacent to an activating group) is 2. The van der Waals surface area contributed by atoms with E-state index in [1.165, 1.54) is 25.6 Å².